The van der Waals surface area contributed by atoms with Crippen LogP contribution >= 0.6 is 0 Å². The van der Waals surface area contributed by atoms with E-state index in [0.717, 1.165) is 16.3 Å². The van der Waals surface area contributed by atoms with Gasteiger partial charge in [-0.1, -0.05) is 30.3 Å². The summed E-state index contributed by atoms with van der Waals surface area (Å²) in [5.74, 6) is 0.0308. The van der Waals surface area contributed by atoms with Gasteiger partial charge in [0.1, 0.15) is 5.84 Å². The molecule has 0 aliphatic rings. The van der Waals surface area contributed by atoms with Crippen LogP contribution in [0.5, 0.6) is 0 Å². The van der Waals surface area contributed by atoms with E-state index in [9.17, 15) is 4.79 Å². The number of carbonyl (C=O) groups excluding carboxylic acids is 1. The van der Waals surface area contributed by atoms with Gasteiger partial charge in [0.05, 0.1) is 11.9 Å². The Hall–Kier alpha value is -4.06. The van der Waals surface area contributed by atoms with Crippen LogP contribution in [0.4, 0.5) is 5.69 Å². The summed E-state index contributed by atoms with van der Waals surface area (Å²) < 4.78 is 0. The Bertz CT molecular complexity index is 1230. The molecule has 3 aromatic carbocycles. The summed E-state index contributed by atoms with van der Waals surface area (Å²) in [6.45, 7) is 0. The smallest absolute Gasteiger partial charge is 0.167 e. The Kier molecular flexibility index (Phi) is 4.75. The molecule has 0 aliphatic carbocycles. The number of carbonyl (C=O) groups is 1. The van der Waals surface area contributed by atoms with Crippen molar-refractivity contribution in [1.29, 1.82) is 5.41 Å². The number of ketones is 1. The molecule has 0 saturated carbocycles. The van der Waals surface area contributed by atoms with Crippen LogP contribution in [0.3, 0.4) is 0 Å². The molecule has 6 nitrogen and oxygen atoms in total. The van der Waals surface area contributed by atoms with Crippen molar-refractivity contribution in [1.82, 2.24) is 9.97 Å². The van der Waals surface area contributed by atoms with E-state index in [1.54, 1.807) is 36.8 Å². The first-order chi connectivity index (χ1) is 14.0. The molecule has 0 bridgehead atoms. The number of nitrogens with two attached hydrogens (primary N) is 2. The molecule has 4 rings (SSSR count). The highest BCUT2D eigenvalue weighted by Crippen LogP contribution is 2.26. The van der Waals surface area contributed by atoms with Crippen LogP contribution in [0.25, 0.3) is 22.0 Å². The van der Waals surface area contributed by atoms with Crippen molar-refractivity contribution in [3.05, 3.63) is 89.9 Å². The van der Waals surface area contributed by atoms with Crippen molar-refractivity contribution in [3.8, 4) is 11.3 Å². The highest BCUT2D eigenvalue weighted by Gasteiger charge is 2.12. The Morgan fingerprint density at radius 2 is 1.69 bits per heavy atom. The Morgan fingerprint density at radius 3 is 2.45 bits per heavy atom. The van der Waals surface area contributed by atoms with Crippen LogP contribution in [0.1, 0.15) is 21.5 Å². The maximum absolute atomic E-state index is 12.9. The Balaban J connectivity index is 1.61. The molecule has 0 unspecified atom stereocenters. The average molecular weight is 381 g/mol. The molecule has 0 aliphatic heterocycles. The molecule has 0 fully saturated rings. The first kappa shape index (κ1) is 18.3. The average Bonchev–Trinajstić information content (AvgIpc) is 2.74. The third kappa shape index (κ3) is 3.82. The van der Waals surface area contributed by atoms with E-state index in [1.165, 1.54) is 0 Å². The topological polar surface area (TPSA) is 119 Å². The van der Waals surface area contributed by atoms with Crippen LogP contribution < -0.4 is 11.5 Å². The second-order valence-corrected chi connectivity index (χ2v) is 6.80. The van der Waals surface area contributed by atoms with Crippen molar-refractivity contribution < 1.29 is 4.79 Å². The van der Waals surface area contributed by atoms with E-state index in [1.807, 2.05) is 36.4 Å². The molecule has 4 aromatic rings. The van der Waals surface area contributed by atoms with E-state index >= 15 is 0 Å². The standard InChI is InChI=1S/C23H19N5O/c24-20-6-5-17(12-19(20)21-13-27-7-8-28-21)22(29)10-14-1-2-16-11-18(23(25)26)4-3-15(16)9-14/h1-9,11-13H,10,24H2,(H3,25,26). The zero-order valence-corrected chi connectivity index (χ0v) is 15.6. The van der Waals surface area contributed by atoms with Gasteiger partial charge in [-0.15, -0.1) is 0 Å². The number of anilines is 1. The Labute approximate surface area is 167 Å². The summed E-state index contributed by atoms with van der Waals surface area (Å²) in [7, 11) is 0. The summed E-state index contributed by atoms with van der Waals surface area (Å²) in [6.07, 6.45) is 5.08. The second-order valence-electron chi connectivity index (χ2n) is 6.80. The summed E-state index contributed by atoms with van der Waals surface area (Å²) in [6, 6.07) is 16.7. The van der Waals surface area contributed by atoms with Crippen molar-refractivity contribution >= 4 is 28.1 Å². The largest absolute Gasteiger partial charge is 0.398 e. The van der Waals surface area contributed by atoms with Gasteiger partial charge >= 0.3 is 0 Å². The first-order valence-corrected chi connectivity index (χ1v) is 9.07. The molecule has 1 heterocycles. The molecule has 0 atom stereocenters. The third-order valence-corrected chi connectivity index (χ3v) is 4.79. The zero-order chi connectivity index (χ0) is 20.4. The molecule has 0 saturated heterocycles. The van der Waals surface area contributed by atoms with Gasteiger partial charge in [-0.3, -0.25) is 20.2 Å². The molecular weight excluding hydrogens is 362 g/mol. The minimum Gasteiger partial charge on any atom is -0.398 e. The van der Waals surface area contributed by atoms with Gasteiger partial charge in [-0.2, -0.15) is 0 Å². The number of nitrogens with one attached hydrogen (secondary N) is 1. The van der Waals surface area contributed by atoms with E-state index in [4.69, 9.17) is 16.9 Å². The van der Waals surface area contributed by atoms with Crippen LogP contribution in [0.15, 0.2) is 73.2 Å². The van der Waals surface area contributed by atoms with Gasteiger partial charge in [0.15, 0.2) is 5.78 Å². The van der Waals surface area contributed by atoms with E-state index in [0.29, 0.717) is 28.1 Å². The van der Waals surface area contributed by atoms with Crippen molar-refractivity contribution in [2.75, 3.05) is 5.73 Å². The lowest BCUT2D eigenvalue weighted by atomic mass is 9.97. The lowest BCUT2D eigenvalue weighted by Gasteiger charge is -2.09. The molecular formula is C23H19N5O. The van der Waals surface area contributed by atoms with Gasteiger partial charge in [0.2, 0.25) is 0 Å². The van der Waals surface area contributed by atoms with Gasteiger partial charge < -0.3 is 11.5 Å². The lowest BCUT2D eigenvalue weighted by molar-refractivity contribution is 0.0993. The summed E-state index contributed by atoms with van der Waals surface area (Å²) >= 11 is 0. The molecule has 5 N–H and O–H groups in total. The van der Waals surface area contributed by atoms with Gasteiger partial charge in [-0.25, -0.2) is 0 Å². The fourth-order valence-electron chi connectivity index (χ4n) is 3.25. The van der Waals surface area contributed by atoms with Gasteiger partial charge in [0.25, 0.3) is 0 Å². The first-order valence-electron chi connectivity index (χ1n) is 9.07. The molecule has 0 radical (unpaired) electrons. The maximum atomic E-state index is 12.9. The summed E-state index contributed by atoms with van der Waals surface area (Å²) in [4.78, 5) is 21.2. The molecule has 1 aromatic heterocycles. The highest BCUT2D eigenvalue weighted by molar-refractivity contribution is 6.01. The van der Waals surface area contributed by atoms with Crippen molar-refractivity contribution in [2.45, 2.75) is 6.42 Å². The quantitative estimate of drug-likeness (QED) is 0.211. The summed E-state index contributed by atoms with van der Waals surface area (Å²) in [5, 5.41) is 9.53. The maximum Gasteiger partial charge on any atom is 0.167 e. The van der Waals surface area contributed by atoms with E-state index in [-0.39, 0.29) is 18.0 Å². The Morgan fingerprint density at radius 1 is 0.931 bits per heavy atom. The number of rotatable bonds is 5. The van der Waals surface area contributed by atoms with E-state index < -0.39 is 0 Å². The minimum atomic E-state index is -0.00477. The molecule has 0 amide bonds. The number of fused-ring (bicyclic) bond motifs is 1. The number of nitrogen functional groups attached to an aromatic ring is 2. The third-order valence-electron chi connectivity index (χ3n) is 4.79. The number of aromatic nitrogens is 2. The number of benzene rings is 3. The fraction of sp³-hybridized carbons (Fsp3) is 0.0435. The number of amidine groups is 1. The number of hydrogen-bond acceptors (Lipinski definition) is 5. The number of nitrogens with zero attached hydrogens (tertiary/aromatic N) is 2. The van der Waals surface area contributed by atoms with Crippen LogP contribution in [0, 0.1) is 5.41 Å². The zero-order valence-electron chi connectivity index (χ0n) is 15.6. The molecule has 0 spiro atoms. The predicted molar refractivity (Wildman–Crippen MR) is 115 cm³/mol. The fourth-order valence-corrected chi connectivity index (χ4v) is 3.25. The van der Waals surface area contributed by atoms with Gasteiger partial charge in [-0.05, 0) is 40.6 Å². The van der Waals surface area contributed by atoms with Gasteiger partial charge in [0, 0.05) is 41.2 Å². The lowest BCUT2D eigenvalue weighted by Crippen LogP contribution is -2.10. The summed E-state index contributed by atoms with van der Waals surface area (Å²) in [5.41, 5.74) is 15.7. The van der Waals surface area contributed by atoms with Crippen LogP contribution in [-0.4, -0.2) is 21.6 Å². The minimum absolute atomic E-state index is 0.00477. The number of hydrogen-bond donors (Lipinski definition) is 3. The van der Waals surface area contributed by atoms with Crippen molar-refractivity contribution in [2.24, 2.45) is 5.73 Å². The molecule has 29 heavy (non-hydrogen) atoms. The normalized spacial score (nSPS) is 10.8. The molecule has 6 heteroatoms. The number of Topliss-reactive ketones (excluding diaryl/α,β-unsaturated/α-hetero) is 1. The second kappa shape index (κ2) is 7.52. The van der Waals surface area contributed by atoms with Crippen LogP contribution in [0.2, 0.25) is 0 Å². The highest BCUT2D eigenvalue weighted by atomic mass is 16.1. The van der Waals surface area contributed by atoms with E-state index in [2.05, 4.69) is 9.97 Å². The molecule has 142 valence electrons. The predicted octanol–water partition coefficient (Wildman–Crippen LogP) is 3.59. The van der Waals surface area contributed by atoms with Crippen molar-refractivity contribution in [3.63, 3.8) is 0 Å². The monoisotopic (exact) mass is 381 g/mol. The van der Waals surface area contributed by atoms with Crippen LogP contribution in [-0.2, 0) is 6.42 Å². The SMILES string of the molecule is N=C(N)c1ccc2cc(CC(=O)c3ccc(N)c(-c4cnccn4)c3)ccc2c1.